The molecule has 0 spiro atoms. The molecule has 1 aliphatic rings. The summed E-state index contributed by atoms with van der Waals surface area (Å²) in [4.78, 5) is 12.9. The second-order valence-corrected chi connectivity index (χ2v) is 8.18. The third-order valence-electron chi connectivity index (χ3n) is 4.30. The van der Waals surface area contributed by atoms with Crippen molar-refractivity contribution in [3.63, 3.8) is 0 Å². The molecular weight excluding hydrogens is 320 g/mol. The Balaban J connectivity index is 1.94. The molecule has 1 atom stereocenters. The molecule has 0 unspecified atom stereocenters. The fraction of sp³-hybridized carbons (Fsp3) is 0.556. The summed E-state index contributed by atoms with van der Waals surface area (Å²) in [5, 5.41) is 8.72. The highest BCUT2D eigenvalue weighted by Crippen LogP contribution is 2.23. The number of aromatic nitrogens is 3. The van der Waals surface area contributed by atoms with Gasteiger partial charge in [-0.3, -0.25) is 0 Å². The van der Waals surface area contributed by atoms with Crippen LogP contribution < -0.4 is 11.0 Å². The molecule has 0 bridgehead atoms. The predicted octanol–water partition coefficient (Wildman–Crippen LogP) is 2.64. The van der Waals surface area contributed by atoms with Crippen LogP contribution in [-0.4, -0.2) is 38.4 Å². The first-order valence-electron chi connectivity index (χ1n) is 8.74. The lowest BCUT2D eigenvalue weighted by molar-refractivity contribution is 0.439. The van der Waals surface area contributed by atoms with Crippen molar-refractivity contribution in [2.45, 2.75) is 44.4 Å². The van der Waals surface area contributed by atoms with Crippen LogP contribution in [0.5, 0.6) is 0 Å². The van der Waals surface area contributed by atoms with Crippen LogP contribution >= 0.6 is 11.8 Å². The highest BCUT2D eigenvalue weighted by atomic mass is 32.2. The van der Waals surface area contributed by atoms with E-state index in [1.807, 2.05) is 42.1 Å². The summed E-state index contributed by atoms with van der Waals surface area (Å²) >= 11 is 1.86. The first-order chi connectivity index (χ1) is 11.7. The van der Waals surface area contributed by atoms with Gasteiger partial charge < -0.3 is 5.32 Å². The topological polar surface area (TPSA) is 51.9 Å². The smallest absolute Gasteiger partial charge is 0.316 e. The van der Waals surface area contributed by atoms with E-state index < -0.39 is 0 Å². The summed E-state index contributed by atoms with van der Waals surface area (Å²) in [6.45, 7) is 6.96. The number of para-hydroxylation sites is 1. The van der Waals surface area contributed by atoms with Gasteiger partial charge in [0, 0.05) is 18.2 Å². The first kappa shape index (κ1) is 17.3. The van der Waals surface area contributed by atoms with E-state index in [4.69, 9.17) is 5.10 Å². The number of hydrogen-bond acceptors (Lipinski definition) is 4. The number of nitrogens with one attached hydrogen (secondary N) is 1. The van der Waals surface area contributed by atoms with Gasteiger partial charge in [-0.25, -0.2) is 14.0 Å². The van der Waals surface area contributed by atoms with E-state index in [0.29, 0.717) is 17.7 Å². The average molecular weight is 347 g/mol. The second kappa shape index (κ2) is 8.03. The first-order valence-corrected chi connectivity index (χ1v) is 9.79. The number of aryl methyl sites for hydroxylation is 1. The number of benzene rings is 1. The molecule has 6 heteroatoms. The van der Waals surface area contributed by atoms with Gasteiger partial charge in [-0.2, -0.15) is 16.9 Å². The van der Waals surface area contributed by atoms with Crippen LogP contribution in [0.4, 0.5) is 0 Å². The van der Waals surface area contributed by atoms with Gasteiger partial charge in [0.25, 0.3) is 0 Å². The largest absolute Gasteiger partial charge is 0.350 e. The fourth-order valence-corrected chi connectivity index (χ4v) is 3.85. The number of rotatable bonds is 6. The molecule has 0 amide bonds. The predicted molar refractivity (Wildman–Crippen MR) is 100 cm³/mol. The summed E-state index contributed by atoms with van der Waals surface area (Å²) in [6, 6.07) is 9.87. The molecule has 1 aromatic carbocycles. The Kier molecular flexibility index (Phi) is 5.79. The van der Waals surface area contributed by atoms with E-state index >= 15 is 0 Å². The van der Waals surface area contributed by atoms with Crippen LogP contribution in [0.25, 0.3) is 5.69 Å². The molecule has 2 aromatic rings. The van der Waals surface area contributed by atoms with Gasteiger partial charge in [0.05, 0.1) is 12.2 Å². The van der Waals surface area contributed by atoms with Gasteiger partial charge >= 0.3 is 5.69 Å². The molecule has 130 valence electrons. The molecule has 1 N–H and O–H groups in total. The van der Waals surface area contributed by atoms with Gasteiger partial charge in [0.15, 0.2) is 0 Å². The normalized spacial score (nSPS) is 18.2. The highest BCUT2D eigenvalue weighted by Gasteiger charge is 2.24. The Morgan fingerprint density at radius 2 is 2.12 bits per heavy atom. The van der Waals surface area contributed by atoms with Gasteiger partial charge in [-0.15, -0.1) is 0 Å². The van der Waals surface area contributed by atoms with Crippen LogP contribution in [0.3, 0.4) is 0 Å². The van der Waals surface area contributed by atoms with Gasteiger partial charge in [0.2, 0.25) is 0 Å². The van der Waals surface area contributed by atoms with E-state index in [1.165, 1.54) is 0 Å². The molecule has 5 nitrogen and oxygen atoms in total. The zero-order valence-electron chi connectivity index (χ0n) is 14.4. The molecule has 0 saturated carbocycles. The molecule has 1 aromatic heterocycles. The zero-order chi connectivity index (χ0) is 16.9. The van der Waals surface area contributed by atoms with Crippen molar-refractivity contribution in [1.82, 2.24) is 19.7 Å². The minimum absolute atomic E-state index is 0.0221. The maximum absolute atomic E-state index is 12.9. The van der Waals surface area contributed by atoms with Crippen LogP contribution in [-0.2, 0) is 6.54 Å². The van der Waals surface area contributed by atoms with Crippen molar-refractivity contribution in [2.75, 3.05) is 18.8 Å². The lowest BCUT2D eigenvalue weighted by Crippen LogP contribution is -2.31. The molecule has 0 aliphatic carbocycles. The summed E-state index contributed by atoms with van der Waals surface area (Å²) in [5.41, 5.74) is 0.886. The Morgan fingerprint density at radius 3 is 2.79 bits per heavy atom. The van der Waals surface area contributed by atoms with E-state index in [2.05, 4.69) is 19.2 Å². The summed E-state index contributed by atoms with van der Waals surface area (Å²) in [5.74, 6) is 2.10. The Labute approximate surface area is 147 Å². The lowest BCUT2D eigenvalue weighted by Gasteiger charge is -2.22. The van der Waals surface area contributed by atoms with Crippen molar-refractivity contribution in [3.05, 3.63) is 46.6 Å². The number of piperidine rings is 1. The number of nitrogens with zero attached hydrogens (tertiary/aromatic N) is 3. The Morgan fingerprint density at radius 1 is 1.33 bits per heavy atom. The monoisotopic (exact) mass is 346 g/mol. The molecule has 2 heterocycles. The molecular formula is C18H26N4OS. The molecule has 1 aliphatic heterocycles. The highest BCUT2D eigenvalue weighted by molar-refractivity contribution is 7.99. The summed E-state index contributed by atoms with van der Waals surface area (Å²) in [7, 11) is 0. The van der Waals surface area contributed by atoms with E-state index in [-0.39, 0.29) is 5.69 Å². The molecule has 0 radical (unpaired) electrons. The van der Waals surface area contributed by atoms with E-state index in [9.17, 15) is 4.79 Å². The van der Waals surface area contributed by atoms with Crippen LogP contribution in [0, 0.1) is 0 Å². The van der Waals surface area contributed by atoms with Crippen LogP contribution in [0.15, 0.2) is 35.1 Å². The number of thioether (sulfide) groups is 1. The van der Waals surface area contributed by atoms with E-state index in [1.54, 1.807) is 9.25 Å². The van der Waals surface area contributed by atoms with Crippen molar-refractivity contribution in [3.8, 4) is 5.69 Å². The van der Waals surface area contributed by atoms with Gasteiger partial charge in [-0.1, -0.05) is 32.0 Å². The SMILES string of the molecule is CC(C)SCCn1nc([C@@H]2CCCNC2)n(-c2ccccc2)c1=O. The maximum Gasteiger partial charge on any atom is 0.350 e. The minimum Gasteiger partial charge on any atom is -0.316 e. The van der Waals surface area contributed by atoms with Crippen LogP contribution in [0.2, 0.25) is 0 Å². The fourth-order valence-electron chi connectivity index (χ4n) is 3.10. The second-order valence-electron chi connectivity index (χ2n) is 6.50. The average Bonchev–Trinajstić information content (AvgIpc) is 2.93. The Bertz CT molecular complexity index is 702. The van der Waals surface area contributed by atoms with Gasteiger partial charge in [-0.05, 0) is 36.8 Å². The molecule has 1 saturated heterocycles. The van der Waals surface area contributed by atoms with Crippen molar-refractivity contribution in [1.29, 1.82) is 0 Å². The Hall–Kier alpha value is -1.53. The van der Waals surface area contributed by atoms with Gasteiger partial charge in [0.1, 0.15) is 5.82 Å². The van der Waals surface area contributed by atoms with Crippen molar-refractivity contribution >= 4 is 11.8 Å². The van der Waals surface area contributed by atoms with Crippen molar-refractivity contribution in [2.24, 2.45) is 0 Å². The van der Waals surface area contributed by atoms with E-state index in [0.717, 1.165) is 43.2 Å². The summed E-state index contributed by atoms with van der Waals surface area (Å²) in [6.07, 6.45) is 2.21. The molecule has 24 heavy (non-hydrogen) atoms. The maximum atomic E-state index is 12.9. The van der Waals surface area contributed by atoms with Crippen LogP contribution in [0.1, 0.15) is 38.4 Å². The lowest BCUT2D eigenvalue weighted by atomic mass is 9.99. The third kappa shape index (κ3) is 3.92. The van der Waals surface area contributed by atoms with Crippen molar-refractivity contribution < 1.29 is 0 Å². The minimum atomic E-state index is -0.0221. The number of hydrogen-bond donors (Lipinski definition) is 1. The zero-order valence-corrected chi connectivity index (χ0v) is 15.3. The molecule has 1 fully saturated rings. The standard InChI is InChI=1S/C18H26N4OS/c1-14(2)24-12-11-21-18(23)22(16-8-4-3-5-9-16)17(20-21)15-7-6-10-19-13-15/h3-5,8-9,14-15,19H,6-7,10-13H2,1-2H3/t15-/m1/s1. The molecule has 3 rings (SSSR count). The quantitative estimate of drug-likeness (QED) is 0.874. The summed E-state index contributed by atoms with van der Waals surface area (Å²) < 4.78 is 3.45. The third-order valence-corrected chi connectivity index (χ3v) is 5.38.